The van der Waals surface area contributed by atoms with E-state index in [-0.39, 0.29) is 0 Å². The predicted octanol–water partition coefficient (Wildman–Crippen LogP) is 2.85. The second kappa shape index (κ2) is 7.86. The van der Waals surface area contributed by atoms with Crippen molar-refractivity contribution < 1.29 is 4.74 Å². The maximum atomic E-state index is 5.82. The van der Waals surface area contributed by atoms with Crippen molar-refractivity contribution in [1.82, 2.24) is 14.8 Å². The third-order valence-corrected chi connectivity index (χ3v) is 5.66. The molecule has 2 fully saturated rings. The highest BCUT2D eigenvalue weighted by molar-refractivity contribution is 7.09. The Morgan fingerprint density at radius 1 is 1.18 bits per heavy atom. The summed E-state index contributed by atoms with van der Waals surface area (Å²) in [6, 6.07) is 0. The fraction of sp³-hybridized carbons (Fsp3) is 0.824. The summed E-state index contributed by atoms with van der Waals surface area (Å²) in [5.41, 5.74) is 0. The van der Waals surface area contributed by atoms with Gasteiger partial charge in [0, 0.05) is 24.7 Å². The molecule has 2 atom stereocenters. The first-order valence-corrected chi connectivity index (χ1v) is 9.55. The van der Waals surface area contributed by atoms with E-state index in [1.807, 2.05) is 6.20 Å². The Labute approximate surface area is 138 Å². The van der Waals surface area contributed by atoms with Crippen molar-refractivity contribution in [2.24, 2.45) is 5.92 Å². The number of piperidine rings is 1. The van der Waals surface area contributed by atoms with Crippen LogP contribution in [0.1, 0.15) is 38.1 Å². The van der Waals surface area contributed by atoms with Crippen LogP contribution >= 0.6 is 11.3 Å². The minimum atomic E-state index is 0.392. The Bertz CT molecular complexity index is 421. The molecule has 2 aliphatic rings. The lowest BCUT2D eigenvalue weighted by atomic mass is 9.93. The van der Waals surface area contributed by atoms with E-state index in [4.69, 9.17) is 4.74 Å². The smallest absolute Gasteiger partial charge is 0.107 e. The molecule has 0 N–H and O–H groups in total. The maximum absolute atomic E-state index is 5.82. The van der Waals surface area contributed by atoms with Crippen molar-refractivity contribution in [2.75, 3.05) is 32.7 Å². The van der Waals surface area contributed by atoms with E-state index < -0.39 is 0 Å². The molecule has 22 heavy (non-hydrogen) atoms. The number of thiazole rings is 1. The second-order valence-electron chi connectivity index (χ2n) is 6.95. The van der Waals surface area contributed by atoms with Gasteiger partial charge in [-0.05, 0) is 58.7 Å². The van der Waals surface area contributed by atoms with Gasteiger partial charge in [-0.3, -0.25) is 9.80 Å². The fourth-order valence-corrected chi connectivity index (χ4v) is 4.45. The zero-order chi connectivity index (χ0) is 15.4. The number of rotatable bonds is 5. The molecule has 124 valence electrons. The molecule has 2 aliphatic heterocycles. The molecule has 3 heterocycles. The van der Waals surface area contributed by atoms with Crippen LogP contribution in [0.15, 0.2) is 11.6 Å². The number of aromatic nitrogens is 1. The Balaban J connectivity index is 1.35. The van der Waals surface area contributed by atoms with Gasteiger partial charge in [0.05, 0.1) is 18.8 Å². The largest absolute Gasteiger partial charge is 0.373 e. The molecule has 0 unspecified atom stereocenters. The molecule has 0 aromatic carbocycles. The third kappa shape index (κ3) is 4.75. The number of likely N-dealkylation sites (tertiary alicyclic amines) is 1. The van der Waals surface area contributed by atoms with E-state index in [0.717, 1.165) is 25.6 Å². The van der Waals surface area contributed by atoms with E-state index in [0.29, 0.717) is 12.2 Å². The SMILES string of the molecule is C[C@@H]1CN(CCC2CCN(Cc3nccs3)CC2)C[C@@H](C)O1. The molecule has 4 nitrogen and oxygen atoms in total. The van der Waals surface area contributed by atoms with Crippen LogP contribution in [0.2, 0.25) is 0 Å². The summed E-state index contributed by atoms with van der Waals surface area (Å²) in [5.74, 6) is 0.904. The molecule has 0 bridgehead atoms. The summed E-state index contributed by atoms with van der Waals surface area (Å²) < 4.78 is 5.82. The van der Waals surface area contributed by atoms with Gasteiger partial charge in [-0.2, -0.15) is 0 Å². The lowest BCUT2D eigenvalue weighted by Gasteiger charge is -2.37. The summed E-state index contributed by atoms with van der Waals surface area (Å²) in [5, 5.41) is 3.33. The number of hydrogen-bond donors (Lipinski definition) is 0. The minimum Gasteiger partial charge on any atom is -0.373 e. The average molecular weight is 324 g/mol. The van der Waals surface area contributed by atoms with Crippen molar-refractivity contribution in [2.45, 2.75) is 51.9 Å². The normalized spacial score (nSPS) is 29.0. The third-order valence-electron chi connectivity index (χ3n) is 4.90. The predicted molar refractivity (Wildman–Crippen MR) is 91.2 cm³/mol. The van der Waals surface area contributed by atoms with Crippen LogP contribution in [0.3, 0.4) is 0 Å². The first-order valence-electron chi connectivity index (χ1n) is 8.67. The van der Waals surface area contributed by atoms with Gasteiger partial charge in [-0.15, -0.1) is 11.3 Å². The number of hydrogen-bond acceptors (Lipinski definition) is 5. The van der Waals surface area contributed by atoms with Gasteiger partial charge in [-0.25, -0.2) is 4.98 Å². The summed E-state index contributed by atoms with van der Waals surface area (Å²) in [4.78, 5) is 9.56. The quantitative estimate of drug-likeness (QED) is 0.833. The average Bonchev–Trinajstić information content (AvgIpc) is 2.98. The van der Waals surface area contributed by atoms with Crippen LogP contribution in [-0.4, -0.2) is 59.7 Å². The van der Waals surface area contributed by atoms with Gasteiger partial charge in [0.2, 0.25) is 0 Å². The summed E-state index contributed by atoms with van der Waals surface area (Å²) in [7, 11) is 0. The van der Waals surface area contributed by atoms with Crippen LogP contribution < -0.4 is 0 Å². The number of nitrogens with zero attached hydrogens (tertiary/aromatic N) is 3. The first-order chi connectivity index (χ1) is 10.7. The lowest BCUT2D eigenvalue weighted by Crippen LogP contribution is -2.46. The van der Waals surface area contributed by atoms with Crippen molar-refractivity contribution in [1.29, 1.82) is 0 Å². The molecule has 2 saturated heterocycles. The highest BCUT2D eigenvalue weighted by atomic mass is 32.1. The highest BCUT2D eigenvalue weighted by Crippen LogP contribution is 2.23. The van der Waals surface area contributed by atoms with Crippen molar-refractivity contribution in [3.63, 3.8) is 0 Å². The van der Waals surface area contributed by atoms with Crippen LogP contribution in [0.5, 0.6) is 0 Å². The molecule has 1 aromatic rings. The van der Waals surface area contributed by atoms with Crippen LogP contribution in [-0.2, 0) is 11.3 Å². The molecule has 0 aliphatic carbocycles. The van der Waals surface area contributed by atoms with Crippen molar-refractivity contribution >= 4 is 11.3 Å². The molecule has 3 rings (SSSR count). The van der Waals surface area contributed by atoms with E-state index in [9.17, 15) is 0 Å². The minimum absolute atomic E-state index is 0.392. The van der Waals surface area contributed by atoms with E-state index >= 15 is 0 Å². The Kier molecular flexibility index (Phi) is 5.85. The van der Waals surface area contributed by atoms with Crippen molar-refractivity contribution in [3.05, 3.63) is 16.6 Å². The maximum Gasteiger partial charge on any atom is 0.107 e. The molecular weight excluding hydrogens is 294 g/mol. The van der Waals surface area contributed by atoms with Crippen LogP contribution in [0.4, 0.5) is 0 Å². The van der Waals surface area contributed by atoms with Gasteiger partial charge in [0.25, 0.3) is 0 Å². The molecule has 1 aromatic heterocycles. The molecule has 0 amide bonds. The van der Waals surface area contributed by atoms with E-state index in [1.165, 1.54) is 43.9 Å². The highest BCUT2D eigenvalue weighted by Gasteiger charge is 2.24. The van der Waals surface area contributed by atoms with Crippen LogP contribution in [0.25, 0.3) is 0 Å². The van der Waals surface area contributed by atoms with Gasteiger partial charge in [0.15, 0.2) is 0 Å². The topological polar surface area (TPSA) is 28.6 Å². The molecule has 0 saturated carbocycles. The molecule has 0 spiro atoms. The Hall–Kier alpha value is -0.490. The van der Waals surface area contributed by atoms with Gasteiger partial charge in [0.1, 0.15) is 5.01 Å². The monoisotopic (exact) mass is 323 g/mol. The Morgan fingerprint density at radius 2 is 1.91 bits per heavy atom. The zero-order valence-electron chi connectivity index (χ0n) is 13.9. The van der Waals surface area contributed by atoms with E-state index in [2.05, 4.69) is 34.0 Å². The fourth-order valence-electron chi connectivity index (χ4n) is 3.79. The Morgan fingerprint density at radius 3 is 2.55 bits per heavy atom. The van der Waals surface area contributed by atoms with Gasteiger partial charge < -0.3 is 4.74 Å². The second-order valence-corrected chi connectivity index (χ2v) is 7.93. The number of morpholine rings is 1. The summed E-state index contributed by atoms with van der Waals surface area (Å²) in [6.07, 6.45) is 6.75. The van der Waals surface area contributed by atoms with Gasteiger partial charge >= 0.3 is 0 Å². The van der Waals surface area contributed by atoms with Crippen molar-refractivity contribution in [3.8, 4) is 0 Å². The first kappa shape index (κ1) is 16.4. The molecule has 0 radical (unpaired) electrons. The molecular formula is C17H29N3OS. The van der Waals surface area contributed by atoms with E-state index in [1.54, 1.807) is 11.3 Å². The van der Waals surface area contributed by atoms with Crippen LogP contribution in [0, 0.1) is 5.92 Å². The summed E-state index contributed by atoms with van der Waals surface area (Å²) in [6.45, 7) is 11.4. The lowest BCUT2D eigenvalue weighted by molar-refractivity contribution is -0.0693. The van der Waals surface area contributed by atoms with Gasteiger partial charge in [-0.1, -0.05) is 0 Å². The summed E-state index contributed by atoms with van der Waals surface area (Å²) >= 11 is 1.78. The zero-order valence-corrected chi connectivity index (χ0v) is 14.7. The molecule has 5 heteroatoms. The standard InChI is InChI=1S/C17H29N3OS/c1-14-11-20(12-15(2)21-14)9-5-16-3-7-19(8-4-16)13-17-18-6-10-22-17/h6,10,14-16H,3-5,7-9,11-13H2,1-2H3/t14-,15-/m1/s1. The number of ether oxygens (including phenoxy) is 1.